The van der Waals surface area contributed by atoms with Crippen LogP contribution in [0.2, 0.25) is 0 Å². The van der Waals surface area contributed by atoms with Crippen molar-refractivity contribution < 1.29 is 30.6 Å². The van der Waals surface area contributed by atoms with Crippen molar-refractivity contribution in [2.45, 2.75) is 18.9 Å². The zero-order chi connectivity index (χ0) is 20.8. The van der Waals surface area contributed by atoms with Crippen LogP contribution in [-0.2, 0) is 25.5 Å². The van der Waals surface area contributed by atoms with Crippen molar-refractivity contribution in [3.05, 3.63) is 77.5 Å². The van der Waals surface area contributed by atoms with E-state index in [2.05, 4.69) is 9.50 Å². The SMILES string of the molecule is CC(OS(=O)(=O)C(F)(F)F)=C(C(=O)NCCc1ccccc1)c1ccccc1. The highest BCUT2D eigenvalue weighted by Crippen LogP contribution is 2.29. The van der Waals surface area contributed by atoms with Crippen LogP contribution < -0.4 is 5.32 Å². The zero-order valence-corrected chi connectivity index (χ0v) is 15.7. The lowest BCUT2D eigenvalue weighted by Gasteiger charge is -2.15. The van der Waals surface area contributed by atoms with Gasteiger partial charge in [0.05, 0.1) is 5.57 Å². The molecule has 2 rings (SSSR count). The van der Waals surface area contributed by atoms with Crippen molar-refractivity contribution in [1.29, 1.82) is 0 Å². The second-order valence-corrected chi connectivity index (χ2v) is 7.31. The summed E-state index contributed by atoms with van der Waals surface area (Å²) in [6, 6.07) is 17.0. The van der Waals surface area contributed by atoms with Crippen LogP contribution in [0.1, 0.15) is 18.1 Å². The highest BCUT2D eigenvalue weighted by atomic mass is 32.2. The standard InChI is InChI=1S/C19H18F3NO4S/c1-14(27-28(25,26)19(20,21)22)17(16-10-6-3-7-11-16)18(24)23-13-12-15-8-4-2-5-9-15/h2-11H,12-13H2,1H3,(H,23,24). The average Bonchev–Trinajstić information content (AvgIpc) is 2.62. The molecule has 9 heteroatoms. The molecule has 0 aliphatic carbocycles. The summed E-state index contributed by atoms with van der Waals surface area (Å²) in [5.74, 6) is -1.40. The van der Waals surface area contributed by atoms with E-state index in [0.717, 1.165) is 12.5 Å². The first-order valence-corrected chi connectivity index (χ1v) is 9.62. The van der Waals surface area contributed by atoms with Crippen molar-refractivity contribution in [2.24, 2.45) is 0 Å². The molecule has 0 fully saturated rings. The van der Waals surface area contributed by atoms with Gasteiger partial charge in [-0.3, -0.25) is 4.79 Å². The highest BCUT2D eigenvalue weighted by Gasteiger charge is 2.48. The van der Waals surface area contributed by atoms with Gasteiger partial charge in [0.2, 0.25) is 0 Å². The van der Waals surface area contributed by atoms with E-state index in [-0.39, 0.29) is 17.7 Å². The largest absolute Gasteiger partial charge is 0.534 e. The molecule has 0 aliphatic rings. The van der Waals surface area contributed by atoms with E-state index in [1.807, 2.05) is 30.3 Å². The summed E-state index contributed by atoms with van der Waals surface area (Å²) >= 11 is 0. The Morgan fingerprint density at radius 2 is 1.54 bits per heavy atom. The molecule has 0 aliphatic heterocycles. The molecule has 0 bridgehead atoms. The van der Waals surface area contributed by atoms with E-state index in [1.165, 1.54) is 12.1 Å². The molecule has 1 amide bonds. The molecule has 28 heavy (non-hydrogen) atoms. The van der Waals surface area contributed by atoms with Gasteiger partial charge >= 0.3 is 15.6 Å². The second-order valence-electron chi connectivity index (χ2n) is 5.77. The third-order valence-electron chi connectivity index (χ3n) is 3.70. The number of rotatable bonds is 7. The number of allylic oxidation sites excluding steroid dienone is 1. The third kappa shape index (κ3) is 5.59. The second kappa shape index (κ2) is 8.92. The Bertz CT molecular complexity index is 940. The van der Waals surface area contributed by atoms with Gasteiger partial charge in [0.25, 0.3) is 5.91 Å². The lowest BCUT2D eigenvalue weighted by Crippen LogP contribution is -2.29. The number of halogens is 3. The molecule has 0 saturated carbocycles. The smallest absolute Gasteiger partial charge is 0.380 e. The van der Waals surface area contributed by atoms with Crippen LogP contribution in [0, 0.1) is 0 Å². The van der Waals surface area contributed by atoms with E-state index in [0.29, 0.717) is 6.42 Å². The molecule has 0 radical (unpaired) electrons. The Hall–Kier alpha value is -2.81. The van der Waals surface area contributed by atoms with E-state index >= 15 is 0 Å². The van der Waals surface area contributed by atoms with Crippen LogP contribution in [0.15, 0.2) is 66.4 Å². The quantitative estimate of drug-likeness (QED) is 0.326. The number of nitrogens with one attached hydrogen (secondary N) is 1. The fraction of sp³-hybridized carbons (Fsp3) is 0.211. The Morgan fingerprint density at radius 3 is 2.07 bits per heavy atom. The summed E-state index contributed by atoms with van der Waals surface area (Å²) in [7, 11) is -5.88. The molecular weight excluding hydrogens is 395 g/mol. The number of hydrogen-bond acceptors (Lipinski definition) is 4. The minimum absolute atomic E-state index is 0.207. The first kappa shape index (κ1) is 21.5. The van der Waals surface area contributed by atoms with Gasteiger partial charge in [0, 0.05) is 6.54 Å². The molecule has 150 valence electrons. The predicted molar refractivity (Wildman–Crippen MR) is 98.3 cm³/mol. The fourth-order valence-electron chi connectivity index (χ4n) is 2.41. The van der Waals surface area contributed by atoms with E-state index in [9.17, 15) is 26.4 Å². The molecule has 0 atom stereocenters. The minimum Gasteiger partial charge on any atom is -0.380 e. The van der Waals surface area contributed by atoms with Crippen LogP contribution in [0.25, 0.3) is 5.57 Å². The Kier molecular flexibility index (Phi) is 6.85. The van der Waals surface area contributed by atoms with E-state index in [1.54, 1.807) is 18.2 Å². The van der Waals surface area contributed by atoms with Gasteiger partial charge < -0.3 is 9.50 Å². The first-order chi connectivity index (χ1) is 13.1. The number of alkyl halides is 3. The molecular formula is C19H18F3NO4S. The van der Waals surface area contributed by atoms with Gasteiger partial charge in [-0.25, -0.2) is 0 Å². The van der Waals surface area contributed by atoms with Crippen LogP contribution in [0.4, 0.5) is 13.2 Å². The van der Waals surface area contributed by atoms with Gasteiger partial charge in [-0.15, -0.1) is 0 Å². The zero-order valence-electron chi connectivity index (χ0n) is 14.9. The van der Waals surface area contributed by atoms with Crippen molar-refractivity contribution >= 4 is 21.6 Å². The molecule has 0 heterocycles. The van der Waals surface area contributed by atoms with Crippen molar-refractivity contribution in [1.82, 2.24) is 5.32 Å². The number of carbonyl (C=O) groups excluding carboxylic acids is 1. The molecule has 1 N–H and O–H groups in total. The van der Waals surface area contributed by atoms with Gasteiger partial charge in [0.15, 0.2) is 0 Å². The van der Waals surface area contributed by atoms with Gasteiger partial charge in [-0.05, 0) is 24.5 Å². The normalized spacial score (nSPS) is 12.9. The van der Waals surface area contributed by atoms with Crippen molar-refractivity contribution in [3.63, 3.8) is 0 Å². The summed E-state index contributed by atoms with van der Waals surface area (Å²) in [4.78, 5) is 12.6. The van der Waals surface area contributed by atoms with Gasteiger partial charge in [0.1, 0.15) is 5.76 Å². The highest BCUT2D eigenvalue weighted by molar-refractivity contribution is 7.87. The van der Waals surface area contributed by atoms with Crippen molar-refractivity contribution in [2.75, 3.05) is 6.54 Å². The summed E-state index contributed by atoms with van der Waals surface area (Å²) in [5.41, 5.74) is -4.70. The summed E-state index contributed by atoms with van der Waals surface area (Å²) in [6.07, 6.45) is 0.495. The molecule has 0 spiro atoms. The summed E-state index contributed by atoms with van der Waals surface area (Å²) < 4.78 is 64.6. The molecule has 2 aromatic carbocycles. The fourth-order valence-corrected chi connectivity index (χ4v) is 2.91. The number of benzene rings is 2. The van der Waals surface area contributed by atoms with Crippen LogP contribution in [0.5, 0.6) is 0 Å². The lowest BCUT2D eigenvalue weighted by atomic mass is 10.0. The van der Waals surface area contributed by atoms with Crippen LogP contribution in [0.3, 0.4) is 0 Å². The third-order valence-corrected chi connectivity index (χ3v) is 4.74. The van der Waals surface area contributed by atoms with E-state index in [4.69, 9.17) is 0 Å². The Morgan fingerprint density at radius 1 is 1.00 bits per heavy atom. The summed E-state index contributed by atoms with van der Waals surface area (Å²) in [6.45, 7) is 1.21. The van der Waals surface area contributed by atoms with E-state index < -0.39 is 27.3 Å². The van der Waals surface area contributed by atoms with Gasteiger partial charge in [-0.1, -0.05) is 60.7 Å². The van der Waals surface area contributed by atoms with Crippen LogP contribution in [-0.4, -0.2) is 26.4 Å². The molecule has 0 saturated heterocycles. The Labute approximate surface area is 161 Å². The Balaban J connectivity index is 2.25. The molecule has 5 nitrogen and oxygen atoms in total. The summed E-state index contributed by atoms with van der Waals surface area (Å²) in [5, 5.41) is 2.58. The monoisotopic (exact) mass is 413 g/mol. The van der Waals surface area contributed by atoms with Crippen LogP contribution >= 0.6 is 0 Å². The maximum absolute atomic E-state index is 12.6. The topological polar surface area (TPSA) is 72.5 Å². The number of carbonyl (C=O) groups is 1. The first-order valence-electron chi connectivity index (χ1n) is 8.21. The van der Waals surface area contributed by atoms with Gasteiger partial charge in [-0.2, -0.15) is 21.6 Å². The number of amides is 1. The number of hydrogen-bond donors (Lipinski definition) is 1. The lowest BCUT2D eigenvalue weighted by molar-refractivity contribution is -0.115. The molecule has 0 aromatic heterocycles. The predicted octanol–water partition coefficient (Wildman–Crippen LogP) is 3.64. The maximum Gasteiger partial charge on any atom is 0.534 e. The average molecular weight is 413 g/mol. The van der Waals surface area contributed by atoms with Crippen molar-refractivity contribution in [3.8, 4) is 0 Å². The molecule has 0 unspecified atom stereocenters. The maximum atomic E-state index is 12.6. The minimum atomic E-state index is -5.88. The molecule has 2 aromatic rings.